The summed E-state index contributed by atoms with van der Waals surface area (Å²) < 4.78 is 13.7. The van der Waals surface area contributed by atoms with E-state index >= 15 is 0 Å². The van der Waals surface area contributed by atoms with Gasteiger partial charge in [0.25, 0.3) is 0 Å². The van der Waals surface area contributed by atoms with Crippen LogP contribution in [0.4, 0.5) is 14.9 Å². The number of nitrogens with one attached hydrogen (secondary N) is 1. The molecule has 5 heteroatoms. The van der Waals surface area contributed by atoms with E-state index in [-0.39, 0.29) is 11.8 Å². The van der Waals surface area contributed by atoms with Gasteiger partial charge in [0.2, 0.25) is 0 Å². The normalized spacial score (nSPS) is 15.3. The van der Waals surface area contributed by atoms with Crippen molar-refractivity contribution in [2.75, 3.05) is 31.5 Å². The number of para-hydroxylation sites is 1. The number of amides is 2. The first-order valence-electron chi connectivity index (χ1n) is 8.21. The highest BCUT2D eigenvalue weighted by Gasteiger charge is 2.22. The lowest BCUT2D eigenvalue weighted by Gasteiger charge is -2.34. The van der Waals surface area contributed by atoms with E-state index in [1.165, 1.54) is 6.07 Å². The van der Waals surface area contributed by atoms with E-state index in [9.17, 15) is 9.18 Å². The Labute approximate surface area is 141 Å². The van der Waals surface area contributed by atoms with Crippen molar-refractivity contribution in [2.24, 2.45) is 0 Å². The van der Waals surface area contributed by atoms with E-state index in [4.69, 9.17) is 0 Å². The number of piperazine rings is 1. The van der Waals surface area contributed by atoms with Gasteiger partial charge >= 0.3 is 6.03 Å². The van der Waals surface area contributed by atoms with E-state index in [2.05, 4.69) is 10.2 Å². The van der Waals surface area contributed by atoms with Gasteiger partial charge in [-0.25, -0.2) is 9.18 Å². The molecule has 1 N–H and O–H groups in total. The van der Waals surface area contributed by atoms with Gasteiger partial charge in [-0.2, -0.15) is 0 Å². The summed E-state index contributed by atoms with van der Waals surface area (Å²) in [6, 6.07) is 14.5. The monoisotopic (exact) mass is 327 g/mol. The van der Waals surface area contributed by atoms with Crippen LogP contribution in [0.25, 0.3) is 0 Å². The number of rotatable bonds is 3. The Bertz CT molecular complexity index is 711. The Hall–Kier alpha value is -2.40. The highest BCUT2D eigenvalue weighted by molar-refractivity contribution is 5.90. The first-order chi connectivity index (χ1) is 11.6. The molecule has 0 saturated carbocycles. The van der Waals surface area contributed by atoms with Crippen LogP contribution in [0.1, 0.15) is 11.1 Å². The minimum absolute atomic E-state index is 0.0742. The Morgan fingerprint density at radius 2 is 1.71 bits per heavy atom. The van der Waals surface area contributed by atoms with Crippen molar-refractivity contribution in [3.05, 3.63) is 65.5 Å². The first-order valence-corrected chi connectivity index (χ1v) is 8.21. The maximum atomic E-state index is 13.7. The molecule has 2 aromatic carbocycles. The number of hydrogen-bond acceptors (Lipinski definition) is 2. The molecule has 2 amide bonds. The second-order valence-electron chi connectivity index (χ2n) is 6.10. The van der Waals surface area contributed by atoms with Crippen LogP contribution in [0.15, 0.2) is 48.5 Å². The van der Waals surface area contributed by atoms with E-state index in [1.54, 1.807) is 6.07 Å². The maximum absolute atomic E-state index is 13.7. The Morgan fingerprint density at radius 3 is 2.42 bits per heavy atom. The molecule has 1 saturated heterocycles. The zero-order valence-electron chi connectivity index (χ0n) is 13.8. The number of hydrogen-bond donors (Lipinski definition) is 1. The smallest absolute Gasteiger partial charge is 0.321 e. The molecule has 0 atom stereocenters. The number of carbonyl (C=O) groups is 1. The molecule has 0 spiro atoms. The molecule has 0 aliphatic carbocycles. The summed E-state index contributed by atoms with van der Waals surface area (Å²) in [5.74, 6) is -0.169. The Morgan fingerprint density at radius 1 is 1.04 bits per heavy atom. The number of carbonyl (C=O) groups excluding carboxylic acids is 1. The van der Waals surface area contributed by atoms with Crippen molar-refractivity contribution in [3.63, 3.8) is 0 Å². The van der Waals surface area contributed by atoms with Gasteiger partial charge in [-0.3, -0.25) is 4.90 Å². The molecule has 0 aromatic heterocycles. The van der Waals surface area contributed by atoms with E-state index in [0.29, 0.717) is 25.2 Å². The van der Waals surface area contributed by atoms with Crippen molar-refractivity contribution in [1.82, 2.24) is 9.80 Å². The molecule has 1 aliphatic heterocycles. The summed E-state index contributed by atoms with van der Waals surface area (Å²) in [5.41, 5.74) is 2.59. The topological polar surface area (TPSA) is 35.6 Å². The van der Waals surface area contributed by atoms with Crippen molar-refractivity contribution in [3.8, 4) is 0 Å². The van der Waals surface area contributed by atoms with E-state index < -0.39 is 0 Å². The van der Waals surface area contributed by atoms with E-state index in [0.717, 1.165) is 24.3 Å². The third-order valence-electron chi connectivity index (χ3n) is 4.40. The first kappa shape index (κ1) is 16.5. The number of anilines is 1. The maximum Gasteiger partial charge on any atom is 0.321 e. The van der Waals surface area contributed by atoms with Gasteiger partial charge in [-0.15, -0.1) is 0 Å². The van der Waals surface area contributed by atoms with Crippen LogP contribution in [0, 0.1) is 12.7 Å². The van der Waals surface area contributed by atoms with Crippen molar-refractivity contribution < 1.29 is 9.18 Å². The summed E-state index contributed by atoms with van der Waals surface area (Å²) in [5, 5.41) is 2.96. The molecule has 0 unspecified atom stereocenters. The van der Waals surface area contributed by atoms with Gasteiger partial charge in [0.1, 0.15) is 5.82 Å². The molecule has 1 heterocycles. The van der Waals surface area contributed by atoms with E-state index in [1.807, 2.05) is 48.2 Å². The minimum Gasteiger partial charge on any atom is -0.322 e. The highest BCUT2D eigenvalue weighted by Crippen LogP contribution is 2.16. The Balaban J connectivity index is 1.52. The lowest BCUT2D eigenvalue weighted by molar-refractivity contribution is 0.142. The van der Waals surface area contributed by atoms with Crippen LogP contribution in [0.3, 0.4) is 0 Å². The number of halogens is 1. The van der Waals surface area contributed by atoms with Crippen molar-refractivity contribution in [1.29, 1.82) is 0 Å². The predicted molar refractivity (Wildman–Crippen MR) is 93.4 cm³/mol. The quantitative estimate of drug-likeness (QED) is 0.937. The van der Waals surface area contributed by atoms with Crippen LogP contribution >= 0.6 is 0 Å². The van der Waals surface area contributed by atoms with Crippen molar-refractivity contribution in [2.45, 2.75) is 13.5 Å². The molecule has 0 radical (unpaired) electrons. The third kappa shape index (κ3) is 3.92. The fourth-order valence-corrected chi connectivity index (χ4v) is 2.88. The fraction of sp³-hybridized carbons (Fsp3) is 0.316. The third-order valence-corrected chi connectivity index (χ3v) is 4.40. The van der Waals surface area contributed by atoms with Crippen LogP contribution in [-0.4, -0.2) is 42.0 Å². The highest BCUT2D eigenvalue weighted by atomic mass is 19.1. The average Bonchev–Trinajstić information content (AvgIpc) is 2.59. The lowest BCUT2D eigenvalue weighted by Crippen LogP contribution is -2.49. The minimum atomic E-state index is -0.169. The molecule has 1 fully saturated rings. The molecule has 4 nitrogen and oxygen atoms in total. The largest absolute Gasteiger partial charge is 0.322 e. The second-order valence-corrected chi connectivity index (χ2v) is 6.10. The average molecular weight is 327 g/mol. The Kier molecular flexibility index (Phi) is 5.11. The molecule has 3 rings (SSSR count). The zero-order chi connectivity index (χ0) is 16.9. The predicted octanol–water partition coefficient (Wildman–Crippen LogP) is 3.48. The van der Waals surface area contributed by atoms with Crippen LogP contribution in [-0.2, 0) is 6.54 Å². The van der Waals surface area contributed by atoms with Gasteiger partial charge in [-0.1, -0.05) is 36.4 Å². The second kappa shape index (κ2) is 7.45. The zero-order valence-corrected chi connectivity index (χ0v) is 13.8. The van der Waals surface area contributed by atoms with Crippen LogP contribution in [0.5, 0.6) is 0 Å². The lowest BCUT2D eigenvalue weighted by atomic mass is 10.2. The molecular formula is C19H22FN3O. The van der Waals surface area contributed by atoms with Gasteiger partial charge in [0.15, 0.2) is 0 Å². The molecule has 126 valence electrons. The standard InChI is InChI=1S/C19H22FN3O/c1-15-6-2-5-9-18(15)21-19(24)23-12-10-22(11-13-23)14-16-7-3-4-8-17(16)20/h2-9H,10-14H2,1H3,(H,21,24). The van der Waals surface area contributed by atoms with Crippen LogP contribution < -0.4 is 5.32 Å². The summed E-state index contributed by atoms with van der Waals surface area (Å²) in [6.07, 6.45) is 0. The van der Waals surface area contributed by atoms with Crippen molar-refractivity contribution >= 4 is 11.7 Å². The van der Waals surface area contributed by atoms with Gasteiger partial charge < -0.3 is 10.2 Å². The molecular weight excluding hydrogens is 305 g/mol. The molecule has 0 bridgehead atoms. The summed E-state index contributed by atoms with van der Waals surface area (Å²) in [7, 11) is 0. The number of nitrogens with zero attached hydrogens (tertiary/aromatic N) is 2. The number of urea groups is 1. The summed E-state index contributed by atoms with van der Waals surface area (Å²) in [6.45, 7) is 5.34. The molecule has 24 heavy (non-hydrogen) atoms. The molecule has 2 aromatic rings. The van der Waals surface area contributed by atoms with Crippen LogP contribution in [0.2, 0.25) is 0 Å². The SMILES string of the molecule is Cc1ccccc1NC(=O)N1CCN(Cc2ccccc2F)CC1. The fourth-order valence-electron chi connectivity index (χ4n) is 2.88. The number of aryl methyl sites for hydroxylation is 1. The van der Waals surface area contributed by atoms with Gasteiger partial charge in [0, 0.05) is 44.0 Å². The van der Waals surface area contributed by atoms with Gasteiger partial charge in [-0.05, 0) is 24.6 Å². The summed E-state index contributed by atoms with van der Waals surface area (Å²) >= 11 is 0. The van der Waals surface area contributed by atoms with Gasteiger partial charge in [0.05, 0.1) is 0 Å². The molecule has 1 aliphatic rings. The summed E-state index contributed by atoms with van der Waals surface area (Å²) in [4.78, 5) is 16.4. The number of benzene rings is 2.